The summed E-state index contributed by atoms with van der Waals surface area (Å²) in [7, 11) is 0. The Morgan fingerprint density at radius 3 is 1.52 bits per heavy atom. The van der Waals surface area contributed by atoms with Crippen LogP contribution in [0.2, 0.25) is 0 Å². The van der Waals surface area contributed by atoms with E-state index in [9.17, 15) is 0 Å². The zero-order chi connectivity index (χ0) is 33.0. The summed E-state index contributed by atoms with van der Waals surface area (Å²) in [5, 5.41) is 4.91. The van der Waals surface area contributed by atoms with Crippen LogP contribution in [-0.2, 0) is 0 Å². The molecule has 4 heteroatoms. The van der Waals surface area contributed by atoms with Crippen LogP contribution >= 0.6 is 0 Å². The van der Waals surface area contributed by atoms with Crippen LogP contribution in [0.15, 0.2) is 182 Å². The quantitative estimate of drug-likeness (QED) is 0.188. The average molecular weight is 639 g/mol. The molecule has 0 saturated heterocycles. The molecule has 0 aliphatic rings. The van der Waals surface area contributed by atoms with Gasteiger partial charge in [0.25, 0.3) is 0 Å². The molecule has 0 unspecified atom stereocenters. The van der Waals surface area contributed by atoms with Crippen molar-refractivity contribution in [2.24, 2.45) is 0 Å². The van der Waals surface area contributed by atoms with Crippen molar-refractivity contribution in [1.29, 1.82) is 0 Å². The number of benzene rings is 7. The molecule has 0 amide bonds. The first-order valence-corrected chi connectivity index (χ1v) is 16.9. The van der Waals surface area contributed by atoms with Gasteiger partial charge in [0.2, 0.25) is 0 Å². The van der Waals surface area contributed by atoms with Crippen LogP contribution in [-0.4, -0.2) is 19.1 Å². The highest BCUT2D eigenvalue weighted by Crippen LogP contribution is 2.41. The van der Waals surface area contributed by atoms with Crippen molar-refractivity contribution in [2.45, 2.75) is 0 Å². The van der Waals surface area contributed by atoms with Crippen LogP contribution < -0.4 is 0 Å². The minimum Gasteiger partial charge on any atom is -0.309 e. The van der Waals surface area contributed by atoms with Crippen LogP contribution in [0.5, 0.6) is 0 Å². The molecule has 0 radical (unpaired) electrons. The van der Waals surface area contributed by atoms with E-state index in [0.717, 1.165) is 50.5 Å². The Labute approximate surface area is 289 Å². The minimum absolute atomic E-state index is 0.702. The topological polar surface area (TPSA) is 35.6 Å². The van der Waals surface area contributed by atoms with Gasteiger partial charge in [-0.2, -0.15) is 0 Å². The third-order valence-electron chi connectivity index (χ3n) is 9.75. The fraction of sp³-hybridized carbons (Fsp3) is 0. The Morgan fingerprint density at radius 1 is 0.340 bits per heavy atom. The molecule has 0 N–H and O–H groups in total. The van der Waals surface area contributed by atoms with Gasteiger partial charge in [0.05, 0.1) is 44.8 Å². The molecule has 0 fully saturated rings. The lowest BCUT2D eigenvalue weighted by atomic mass is 10.0. The van der Waals surface area contributed by atoms with Gasteiger partial charge in [-0.05, 0) is 42.5 Å². The van der Waals surface area contributed by atoms with Gasteiger partial charge in [-0.15, -0.1) is 0 Å². The Morgan fingerprint density at radius 2 is 0.820 bits per heavy atom. The molecule has 0 saturated carbocycles. The maximum absolute atomic E-state index is 5.23. The van der Waals surface area contributed by atoms with Crippen molar-refractivity contribution in [2.75, 3.05) is 0 Å². The van der Waals surface area contributed by atoms with Crippen molar-refractivity contribution in [3.8, 4) is 45.3 Å². The molecule has 0 aliphatic heterocycles. The number of rotatable bonds is 5. The minimum atomic E-state index is 0.702. The van der Waals surface area contributed by atoms with E-state index in [1.807, 2.05) is 24.3 Å². The van der Waals surface area contributed by atoms with Crippen LogP contribution in [0, 0.1) is 0 Å². The van der Waals surface area contributed by atoms with Gasteiger partial charge in [0, 0.05) is 38.2 Å². The summed E-state index contributed by atoms with van der Waals surface area (Å²) in [5.74, 6) is 0.702. The van der Waals surface area contributed by atoms with Gasteiger partial charge in [0.1, 0.15) is 0 Å². The van der Waals surface area contributed by atoms with Gasteiger partial charge in [-0.3, -0.25) is 0 Å². The highest BCUT2D eigenvalue weighted by molar-refractivity contribution is 6.16. The molecule has 0 aliphatic carbocycles. The Bertz CT molecular complexity index is 2750. The van der Waals surface area contributed by atoms with Crippen molar-refractivity contribution >= 4 is 43.6 Å². The first-order chi connectivity index (χ1) is 24.8. The van der Waals surface area contributed by atoms with E-state index < -0.39 is 0 Å². The lowest BCUT2D eigenvalue weighted by molar-refractivity contribution is 1.15. The van der Waals surface area contributed by atoms with E-state index in [1.54, 1.807) is 0 Å². The Balaban J connectivity index is 1.26. The van der Waals surface area contributed by atoms with Crippen LogP contribution in [0.4, 0.5) is 0 Å². The molecule has 0 spiro atoms. The number of aromatic nitrogens is 4. The second-order valence-electron chi connectivity index (χ2n) is 12.6. The summed E-state index contributed by atoms with van der Waals surface area (Å²) in [6.45, 7) is 0. The number of hydrogen-bond acceptors (Lipinski definition) is 2. The predicted octanol–water partition coefficient (Wildman–Crippen LogP) is 11.7. The van der Waals surface area contributed by atoms with Crippen LogP contribution in [0.25, 0.3) is 88.9 Å². The molecule has 4 nitrogen and oxygen atoms in total. The summed E-state index contributed by atoms with van der Waals surface area (Å²) in [6, 6.07) is 64.2. The number of nitrogens with zero attached hydrogens (tertiary/aromatic N) is 4. The molecule has 10 aromatic rings. The molecular formula is C46H30N4. The van der Waals surface area contributed by atoms with E-state index in [2.05, 4.69) is 167 Å². The molecule has 3 aromatic heterocycles. The van der Waals surface area contributed by atoms with Crippen molar-refractivity contribution in [3.05, 3.63) is 182 Å². The van der Waals surface area contributed by atoms with Gasteiger partial charge >= 0.3 is 0 Å². The standard InChI is InChI=1S/C46H30N4/c1-3-16-31(17-4-1)37-30-38(48-46(47-37)32-18-5-2-6-19-32)35-22-9-13-26-41(35)50-42-27-14-10-23-36(42)45-43(28-15-29-44(45)50)49-39-24-11-7-20-33(39)34-21-8-12-25-40(34)49/h1-30H. The van der Waals surface area contributed by atoms with Crippen molar-refractivity contribution in [1.82, 2.24) is 19.1 Å². The first-order valence-electron chi connectivity index (χ1n) is 16.9. The van der Waals surface area contributed by atoms with E-state index in [4.69, 9.17) is 9.97 Å². The van der Waals surface area contributed by atoms with Crippen molar-refractivity contribution in [3.63, 3.8) is 0 Å². The first kappa shape index (κ1) is 28.3. The maximum Gasteiger partial charge on any atom is 0.160 e. The number of para-hydroxylation sites is 4. The fourth-order valence-corrected chi connectivity index (χ4v) is 7.57. The highest BCUT2D eigenvalue weighted by atomic mass is 15.0. The van der Waals surface area contributed by atoms with E-state index >= 15 is 0 Å². The summed E-state index contributed by atoms with van der Waals surface area (Å²) in [5.41, 5.74) is 11.7. The van der Waals surface area contributed by atoms with E-state index in [0.29, 0.717) is 5.82 Å². The molecule has 50 heavy (non-hydrogen) atoms. The van der Waals surface area contributed by atoms with Gasteiger partial charge in [-0.1, -0.05) is 140 Å². The molecular weight excluding hydrogens is 609 g/mol. The zero-order valence-corrected chi connectivity index (χ0v) is 27.1. The van der Waals surface area contributed by atoms with Gasteiger partial charge in [-0.25, -0.2) is 9.97 Å². The Kier molecular flexibility index (Phi) is 6.46. The monoisotopic (exact) mass is 638 g/mol. The van der Waals surface area contributed by atoms with Crippen LogP contribution in [0.3, 0.4) is 0 Å². The second kappa shape index (κ2) is 11.4. The number of hydrogen-bond donors (Lipinski definition) is 0. The summed E-state index contributed by atoms with van der Waals surface area (Å²) >= 11 is 0. The van der Waals surface area contributed by atoms with Gasteiger partial charge < -0.3 is 9.13 Å². The third-order valence-corrected chi connectivity index (χ3v) is 9.75. The molecule has 0 bridgehead atoms. The zero-order valence-electron chi connectivity index (χ0n) is 27.1. The Hall–Kier alpha value is -6.78. The van der Waals surface area contributed by atoms with E-state index in [1.165, 1.54) is 32.6 Å². The fourth-order valence-electron chi connectivity index (χ4n) is 7.57. The highest BCUT2D eigenvalue weighted by Gasteiger charge is 2.21. The smallest absolute Gasteiger partial charge is 0.160 e. The lowest BCUT2D eigenvalue weighted by Crippen LogP contribution is -2.01. The molecule has 10 rings (SSSR count). The SMILES string of the molecule is c1ccc(-c2cc(-c3ccccc3-n3c4ccccc4c4c(-n5c6ccccc6c6ccccc65)cccc43)nc(-c3ccccc3)n2)cc1. The maximum atomic E-state index is 5.23. The van der Waals surface area contributed by atoms with Crippen LogP contribution in [0.1, 0.15) is 0 Å². The van der Waals surface area contributed by atoms with Gasteiger partial charge in [0.15, 0.2) is 5.82 Å². The second-order valence-corrected chi connectivity index (χ2v) is 12.6. The molecule has 234 valence electrons. The molecule has 7 aromatic carbocycles. The third kappa shape index (κ3) is 4.39. The summed E-state index contributed by atoms with van der Waals surface area (Å²) in [4.78, 5) is 10.3. The average Bonchev–Trinajstić information content (AvgIpc) is 3.72. The number of fused-ring (bicyclic) bond motifs is 6. The lowest BCUT2D eigenvalue weighted by Gasteiger charge is -2.15. The summed E-state index contributed by atoms with van der Waals surface area (Å²) < 4.78 is 4.84. The normalized spacial score (nSPS) is 11.6. The molecule has 3 heterocycles. The predicted molar refractivity (Wildman–Crippen MR) is 207 cm³/mol. The largest absolute Gasteiger partial charge is 0.309 e. The summed E-state index contributed by atoms with van der Waals surface area (Å²) in [6.07, 6.45) is 0. The van der Waals surface area contributed by atoms with E-state index in [-0.39, 0.29) is 0 Å². The van der Waals surface area contributed by atoms with Crippen molar-refractivity contribution < 1.29 is 0 Å². The molecule has 0 atom stereocenters.